The molecule has 0 fully saturated rings. The highest BCUT2D eigenvalue weighted by molar-refractivity contribution is 5.96. The Balaban J connectivity index is 2.38. The molecule has 0 saturated carbocycles. The van der Waals surface area contributed by atoms with Gasteiger partial charge in [-0.3, -0.25) is 19.7 Å². The molecule has 0 unspecified atom stereocenters. The van der Waals surface area contributed by atoms with E-state index in [1.54, 1.807) is 0 Å². The van der Waals surface area contributed by atoms with Crippen LogP contribution in [0, 0.1) is 17.0 Å². The van der Waals surface area contributed by atoms with Gasteiger partial charge in [0.1, 0.15) is 6.54 Å². The highest BCUT2D eigenvalue weighted by Gasteiger charge is 2.24. The first-order valence-corrected chi connectivity index (χ1v) is 8.10. The Morgan fingerprint density at radius 3 is 2.44 bits per heavy atom. The first-order chi connectivity index (χ1) is 12.9. The number of benzene rings is 2. The SMILES string of the molecule is COC(=O)CN(Cc1ccccc1C)C(=O)c1ccc(OC)c([N+](=O)[O-])c1. The van der Waals surface area contributed by atoms with Gasteiger partial charge in [0.15, 0.2) is 5.75 Å². The van der Waals surface area contributed by atoms with Crippen molar-refractivity contribution < 1.29 is 24.0 Å². The Morgan fingerprint density at radius 2 is 1.85 bits per heavy atom. The molecular weight excluding hydrogens is 352 g/mol. The van der Waals surface area contributed by atoms with Gasteiger partial charge in [-0.05, 0) is 30.2 Å². The van der Waals surface area contributed by atoms with Crippen LogP contribution in [0.25, 0.3) is 0 Å². The maximum atomic E-state index is 12.9. The van der Waals surface area contributed by atoms with E-state index in [2.05, 4.69) is 4.74 Å². The fourth-order valence-corrected chi connectivity index (χ4v) is 2.56. The Bertz CT molecular complexity index is 865. The minimum atomic E-state index is -0.623. The maximum absolute atomic E-state index is 12.9. The number of carbonyl (C=O) groups excluding carboxylic acids is 2. The molecule has 2 rings (SSSR count). The van der Waals surface area contributed by atoms with E-state index in [4.69, 9.17) is 4.74 Å². The molecule has 0 N–H and O–H groups in total. The molecule has 0 aliphatic carbocycles. The topological polar surface area (TPSA) is 99.0 Å². The first kappa shape index (κ1) is 19.9. The third-order valence-corrected chi connectivity index (χ3v) is 4.08. The van der Waals surface area contributed by atoms with Gasteiger partial charge in [0.2, 0.25) is 0 Å². The van der Waals surface area contributed by atoms with Crippen LogP contribution in [0.15, 0.2) is 42.5 Å². The van der Waals surface area contributed by atoms with Crippen molar-refractivity contribution in [1.29, 1.82) is 0 Å². The predicted octanol–water partition coefficient (Wildman–Crippen LogP) is 2.73. The zero-order valence-electron chi connectivity index (χ0n) is 15.3. The minimum absolute atomic E-state index is 0.0509. The van der Waals surface area contributed by atoms with E-state index in [0.29, 0.717) is 0 Å². The average molecular weight is 372 g/mol. The molecule has 142 valence electrons. The summed E-state index contributed by atoms with van der Waals surface area (Å²) in [6, 6.07) is 11.4. The van der Waals surface area contributed by atoms with Crippen molar-refractivity contribution in [3.05, 3.63) is 69.3 Å². The van der Waals surface area contributed by atoms with E-state index in [1.807, 2.05) is 31.2 Å². The van der Waals surface area contributed by atoms with Crippen molar-refractivity contribution in [1.82, 2.24) is 4.90 Å². The van der Waals surface area contributed by atoms with Gasteiger partial charge >= 0.3 is 11.7 Å². The second-order valence-electron chi connectivity index (χ2n) is 5.81. The molecule has 0 heterocycles. The van der Waals surface area contributed by atoms with Gasteiger partial charge < -0.3 is 14.4 Å². The molecule has 0 atom stereocenters. The first-order valence-electron chi connectivity index (χ1n) is 8.10. The summed E-state index contributed by atoms with van der Waals surface area (Å²) in [5, 5.41) is 11.2. The number of nitro benzene ring substituents is 1. The van der Waals surface area contributed by atoms with Gasteiger partial charge in [-0.2, -0.15) is 0 Å². The molecule has 27 heavy (non-hydrogen) atoms. The molecule has 8 nitrogen and oxygen atoms in total. The predicted molar refractivity (Wildman–Crippen MR) is 97.6 cm³/mol. The zero-order chi connectivity index (χ0) is 20.0. The summed E-state index contributed by atoms with van der Waals surface area (Å²) in [5.41, 5.74) is 1.58. The Labute approximate surface area is 156 Å². The van der Waals surface area contributed by atoms with Crippen molar-refractivity contribution >= 4 is 17.6 Å². The van der Waals surface area contributed by atoms with Crippen LogP contribution in [-0.2, 0) is 16.1 Å². The van der Waals surface area contributed by atoms with Crippen LogP contribution in [-0.4, -0.2) is 42.5 Å². The summed E-state index contributed by atoms with van der Waals surface area (Å²) in [6.45, 7) is 1.79. The van der Waals surface area contributed by atoms with Crippen molar-refractivity contribution in [2.45, 2.75) is 13.5 Å². The van der Waals surface area contributed by atoms with Crippen molar-refractivity contribution in [3.63, 3.8) is 0 Å². The fourth-order valence-electron chi connectivity index (χ4n) is 2.56. The maximum Gasteiger partial charge on any atom is 0.325 e. The van der Waals surface area contributed by atoms with E-state index in [1.165, 1.54) is 31.3 Å². The third-order valence-electron chi connectivity index (χ3n) is 4.08. The fraction of sp³-hybridized carbons (Fsp3) is 0.263. The number of methoxy groups -OCH3 is 2. The van der Waals surface area contributed by atoms with Gasteiger partial charge in [-0.25, -0.2) is 0 Å². The summed E-state index contributed by atoms with van der Waals surface area (Å²) in [4.78, 5) is 36.6. The van der Waals surface area contributed by atoms with E-state index in [0.717, 1.165) is 17.2 Å². The largest absolute Gasteiger partial charge is 0.490 e. The van der Waals surface area contributed by atoms with E-state index < -0.39 is 16.8 Å². The van der Waals surface area contributed by atoms with Crippen molar-refractivity contribution in [2.75, 3.05) is 20.8 Å². The number of hydrogen-bond acceptors (Lipinski definition) is 6. The molecule has 2 aromatic rings. The zero-order valence-corrected chi connectivity index (χ0v) is 15.3. The number of nitro groups is 1. The molecule has 1 amide bonds. The van der Waals surface area contributed by atoms with Crippen molar-refractivity contribution in [2.24, 2.45) is 0 Å². The summed E-state index contributed by atoms with van der Waals surface area (Å²) in [7, 11) is 2.54. The highest BCUT2D eigenvalue weighted by Crippen LogP contribution is 2.28. The van der Waals surface area contributed by atoms with Crippen molar-refractivity contribution in [3.8, 4) is 5.75 Å². The number of carbonyl (C=O) groups is 2. The summed E-state index contributed by atoms with van der Waals surface area (Å²) < 4.78 is 9.63. The molecular formula is C19H20N2O6. The van der Waals surface area contributed by atoms with Crippen LogP contribution in [0.4, 0.5) is 5.69 Å². The molecule has 2 aromatic carbocycles. The molecule has 0 aliphatic heterocycles. The number of ether oxygens (including phenoxy) is 2. The van der Waals surface area contributed by atoms with Gasteiger partial charge in [-0.15, -0.1) is 0 Å². The lowest BCUT2D eigenvalue weighted by Crippen LogP contribution is -2.36. The number of hydrogen-bond donors (Lipinski definition) is 0. The van der Waals surface area contributed by atoms with Gasteiger partial charge in [0.05, 0.1) is 19.1 Å². The summed E-state index contributed by atoms with van der Waals surface area (Å²) >= 11 is 0. The molecule has 8 heteroatoms. The van der Waals surface area contributed by atoms with Crippen LogP contribution in [0.2, 0.25) is 0 Å². The third kappa shape index (κ3) is 4.81. The number of aryl methyl sites for hydroxylation is 1. The average Bonchev–Trinajstić information content (AvgIpc) is 2.67. The minimum Gasteiger partial charge on any atom is -0.490 e. The van der Waals surface area contributed by atoms with Gasteiger partial charge in [0, 0.05) is 18.2 Å². The van der Waals surface area contributed by atoms with Crippen LogP contribution >= 0.6 is 0 Å². The lowest BCUT2D eigenvalue weighted by Gasteiger charge is -2.22. The molecule has 0 radical (unpaired) electrons. The lowest BCUT2D eigenvalue weighted by molar-refractivity contribution is -0.385. The lowest BCUT2D eigenvalue weighted by atomic mass is 10.1. The molecule has 0 aromatic heterocycles. The molecule has 0 saturated heterocycles. The monoisotopic (exact) mass is 372 g/mol. The Morgan fingerprint density at radius 1 is 1.15 bits per heavy atom. The number of nitrogens with zero attached hydrogens (tertiary/aromatic N) is 2. The number of amides is 1. The molecule has 0 bridgehead atoms. The molecule has 0 aliphatic rings. The van der Waals surface area contributed by atoms with Gasteiger partial charge in [0.25, 0.3) is 5.91 Å². The normalized spacial score (nSPS) is 10.2. The summed E-state index contributed by atoms with van der Waals surface area (Å²) in [5.74, 6) is -1.05. The number of rotatable bonds is 7. The second-order valence-corrected chi connectivity index (χ2v) is 5.81. The quantitative estimate of drug-likeness (QED) is 0.421. The van der Waals surface area contributed by atoms with Gasteiger partial charge in [-0.1, -0.05) is 24.3 Å². The van der Waals surface area contributed by atoms with E-state index >= 15 is 0 Å². The van der Waals surface area contributed by atoms with Crippen LogP contribution in [0.1, 0.15) is 21.5 Å². The highest BCUT2D eigenvalue weighted by atomic mass is 16.6. The Kier molecular flexibility index (Phi) is 6.48. The second kappa shape index (κ2) is 8.79. The van der Waals surface area contributed by atoms with Crippen LogP contribution < -0.4 is 4.74 Å². The van der Waals surface area contributed by atoms with E-state index in [9.17, 15) is 19.7 Å². The summed E-state index contributed by atoms with van der Waals surface area (Å²) in [6.07, 6.45) is 0. The van der Waals surface area contributed by atoms with Crippen LogP contribution in [0.5, 0.6) is 5.75 Å². The number of esters is 1. The smallest absolute Gasteiger partial charge is 0.325 e. The Hall–Kier alpha value is -3.42. The van der Waals surface area contributed by atoms with Crippen LogP contribution in [0.3, 0.4) is 0 Å². The standard InChI is InChI=1S/C19H20N2O6/c1-13-6-4-5-7-15(13)11-20(12-18(22)27-3)19(23)14-8-9-17(26-2)16(10-14)21(24)25/h4-10H,11-12H2,1-3H3. The van der Waals surface area contributed by atoms with E-state index in [-0.39, 0.29) is 30.1 Å². The molecule has 0 spiro atoms.